The molecule has 0 amide bonds. The van der Waals surface area contributed by atoms with Gasteiger partial charge in [-0.1, -0.05) is 6.92 Å². The molecule has 0 heterocycles. The lowest BCUT2D eigenvalue weighted by Crippen LogP contribution is -2.50. The Morgan fingerprint density at radius 3 is 1.47 bits per heavy atom. The van der Waals surface area contributed by atoms with E-state index in [1.54, 1.807) is 0 Å². The van der Waals surface area contributed by atoms with Gasteiger partial charge in [0.1, 0.15) is 12.8 Å². The lowest BCUT2D eigenvalue weighted by Gasteiger charge is -2.17. The molecular formula is C7H11N4O8. The van der Waals surface area contributed by atoms with Gasteiger partial charge >= 0.3 is 11.3 Å². The van der Waals surface area contributed by atoms with E-state index in [4.69, 9.17) is 0 Å². The smallest absolute Gasteiger partial charge is 0.258 e. The van der Waals surface area contributed by atoms with Crippen molar-refractivity contribution in [2.75, 3.05) is 0 Å². The minimum Gasteiger partial charge on any atom is -0.258 e. The summed E-state index contributed by atoms with van der Waals surface area (Å²) >= 11 is 0. The minimum absolute atomic E-state index is 0.401. The third kappa shape index (κ3) is 2.89. The average molecular weight is 279 g/mol. The zero-order valence-electron chi connectivity index (χ0n) is 10.0. The molecule has 0 spiro atoms. The second-order valence-electron chi connectivity index (χ2n) is 3.89. The highest BCUT2D eigenvalue weighted by molar-refractivity contribution is 4.87. The molecule has 0 unspecified atom stereocenters. The van der Waals surface area contributed by atoms with Gasteiger partial charge < -0.3 is 0 Å². The summed E-state index contributed by atoms with van der Waals surface area (Å²) < 4.78 is 0. The molecule has 0 rings (SSSR count). The van der Waals surface area contributed by atoms with Crippen molar-refractivity contribution in [2.45, 2.75) is 38.0 Å². The minimum atomic E-state index is -2.77. The van der Waals surface area contributed by atoms with Gasteiger partial charge in [-0.3, -0.25) is 40.5 Å². The second kappa shape index (κ2) is 5.49. The monoisotopic (exact) mass is 279 g/mol. The second-order valence-corrected chi connectivity index (χ2v) is 3.89. The fourth-order valence-corrected chi connectivity index (χ4v) is 1.19. The van der Waals surface area contributed by atoms with E-state index < -0.39 is 43.9 Å². The lowest BCUT2D eigenvalue weighted by atomic mass is 9.96. The number of hydrogen-bond donors (Lipinski definition) is 0. The maximum absolute atomic E-state index is 10.7. The van der Waals surface area contributed by atoms with Gasteiger partial charge in [0.25, 0.3) is 0 Å². The van der Waals surface area contributed by atoms with E-state index in [-0.39, 0.29) is 0 Å². The van der Waals surface area contributed by atoms with Gasteiger partial charge in [-0.15, -0.1) is 0 Å². The Kier molecular flexibility index (Phi) is 4.80. The summed E-state index contributed by atoms with van der Waals surface area (Å²) in [4.78, 5) is 37.8. The topological polar surface area (TPSA) is 173 Å². The van der Waals surface area contributed by atoms with Crippen LogP contribution in [0.4, 0.5) is 0 Å². The fourth-order valence-electron chi connectivity index (χ4n) is 1.19. The number of rotatable bonds is 8. The molecule has 0 aromatic carbocycles. The van der Waals surface area contributed by atoms with Crippen LogP contribution in [0, 0.1) is 46.9 Å². The van der Waals surface area contributed by atoms with Gasteiger partial charge in [-0.25, -0.2) is 0 Å². The van der Waals surface area contributed by atoms with Gasteiger partial charge in [-0.05, 0) is 0 Å². The molecule has 107 valence electrons. The number of hydrogen-bond acceptors (Lipinski definition) is 8. The largest absolute Gasteiger partial charge is 0.462 e. The fraction of sp³-hybridized carbons (Fsp3) is 0.857. The quantitative estimate of drug-likeness (QED) is 0.351. The van der Waals surface area contributed by atoms with Crippen molar-refractivity contribution in [3.63, 3.8) is 0 Å². The van der Waals surface area contributed by atoms with Crippen molar-refractivity contribution in [2.24, 2.45) is 0 Å². The first-order chi connectivity index (χ1) is 8.54. The molecule has 0 aromatic heterocycles. The van der Waals surface area contributed by atoms with Crippen molar-refractivity contribution >= 4 is 0 Å². The van der Waals surface area contributed by atoms with Crippen LogP contribution in [0.3, 0.4) is 0 Å². The van der Waals surface area contributed by atoms with Crippen molar-refractivity contribution in [3.05, 3.63) is 46.9 Å². The summed E-state index contributed by atoms with van der Waals surface area (Å²) in [6.07, 6.45) is -1.22. The summed E-state index contributed by atoms with van der Waals surface area (Å²) in [6.45, 7) is 1.77. The van der Waals surface area contributed by atoms with Crippen LogP contribution in [0.15, 0.2) is 0 Å². The molecule has 0 aromatic rings. The molecule has 1 radical (unpaired) electrons. The van der Waals surface area contributed by atoms with Gasteiger partial charge in [0, 0.05) is 0 Å². The first kappa shape index (κ1) is 16.6. The van der Waals surface area contributed by atoms with E-state index in [9.17, 15) is 40.5 Å². The Morgan fingerprint density at radius 2 is 1.26 bits per heavy atom. The van der Waals surface area contributed by atoms with E-state index >= 15 is 0 Å². The van der Waals surface area contributed by atoms with E-state index in [0.717, 1.165) is 6.92 Å². The first-order valence-corrected chi connectivity index (χ1v) is 4.97. The van der Waals surface area contributed by atoms with E-state index in [1.165, 1.54) is 0 Å². The summed E-state index contributed by atoms with van der Waals surface area (Å²) in [6, 6.07) is 0. The Morgan fingerprint density at radius 1 is 0.895 bits per heavy atom. The van der Waals surface area contributed by atoms with Crippen molar-refractivity contribution in [3.8, 4) is 0 Å². The Labute approximate surface area is 106 Å². The van der Waals surface area contributed by atoms with E-state index in [1.807, 2.05) is 0 Å². The Balaban J connectivity index is 5.32. The molecule has 19 heavy (non-hydrogen) atoms. The molecule has 0 fully saturated rings. The summed E-state index contributed by atoms with van der Waals surface area (Å²) in [5.74, 6) is 0. The van der Waals surface area contributed by atoms with Crippen LogP contribution in [-0.2, 0) is 0 Å². The van der Waals surface area contributed by atoms with Crippen molar-refractivity contribution in [1.29, 1.82) is 0 Å². The van der Waals surface area contributed by atoms with Crippen molar-refractivity contribution in [1.82, 2.24) is 0 Å². The lowest BCUT2D eigenvalue weighted by molar-refractivity contribution is -0.803. The van der Waals surface area contributed by atoms with Gasteiger partial charge in [0.2, 0.25) is 0 Å². The number of nitro groups is 4. The molecule has 12 heteroatoms. The van der Waals surface area contributed by atoms with Crippen LogP contribution in [0.1, 0.15) is 26.7 Å². The molecular weight excluding hydrogens is 268 g/mol. The van der Waals surface area contributed by atoms with Crippen LogP contribution < -0.4 is 0 Å². The predicted molar refractivity (Wildman–Crippen MR) is 58.3 cm³/mol. The highest BCUT2D eigenvalue weighted by Crippen LogP contribution is 2.27. The van der Waals surface area contributed by atoms with Gasteiger partial charge in [0.15, 0.2) is 0 Å². The zero-order valence-corrected chi connectivity index (χ0v) is 10.0. The van der Waals surface area contributed by atoms with Gasteiger partial charge in [0.05, 0.1) is 33.0 Å². The van der Waals surface area contributed by atoms with Crippen LogP contribution >= 0.6 is 0 Å². The van der Waals surface area contributed by atoms with Gasteiger partial charge in [-0.2, -0.15) is 0 Å². The molecule has 0 N–H and O–H groups in total. The molecule has 12 nitrogen and oxygen atoms in total. The predicted octanol–water partition coefficient (Wildman–Crippen LogP) is 0.510. The average Bonchev–Trinajstić information content (AvgIpc) is 2.28. The van der Waals surface area contributed by atoms with Crippen LogP contribution in [0.2, 0.25) is 0 Å². The summed E-state index contributed by atoms with van der Waals surface area (Å²) in [5.41, 5.74) is -5.51. The van der Waals surface area contributed by atoms with E-state index in [2.05, 4.69) is 0 Å². The van der Waals surface area contributed by atoms with Crippen molar-refractivity contribution < 1.29 is 19.7 Å². The van der Waals surface area contributed by atoms with E-state index in [0.29, 0.717) is 13.3 Å². The maximum Gasteiger partial charge on any atom is 0.462 e. The normalized spacial score (nSPS) is 11.9. The highest BCUT2D eigenvalue weighted by atomic mass is 16.7. The molecule has 0 aliphatic carbocycles. The molecule has 0 saturated carbocycles. The Hall–Kier alpha value is -2.40. The third-order valence-corrected chi connectivity index (χ3v) is 2.75. The molecule has 0 atom stereocenters. The SMILES string of the molecule is CCC([CH]CC(C)([N+](=O)[O-])[N+](=O)[O-])([N+](=O)[O-])[N+](=O)[O-]. The van der Waals surface area contributed by atoms with Crippen LogP contribution in [-0.4, -0.2) is 31.0 Å². The molecule has 0 aliphatic heterocycles. The summed E-state index contributed by atoms with van der Waals surface area (Å²) in [7, 11) is 0. The maximum atomic E-state index is 10.7. The molecule has 0 bridgehead atoms. The first-order valence-electron chi connectivity index (χ1n) is 4.97. The highest BCUT2D eigenvalue weighted by Gasteiger charge is 2.60. The Bertz CT molecular complexity index is 393. The molecule has 0 aliphatic rings. The zero-order chi connectivity index (χ0) is 15.4. The van der Waals surface area contributed by atoms with Crippen LogP contribution in [0.5, 0.6) is 0 Å². The standard InChI is InChI=1S/C7H11N4O8/c1-3-7(10(16)17,11(18)19)5-4-6(2,8(12)13)9(14)15/h5H,3-4H2,1-2H3. The summed E-state index contributed by atoms with van der Waals surface area (Å²) in [5, 5.41) is 42.7. The number of nitrogens with zero attached hydrogens (tertiary/aromatic N) is 4. The third-order valence-electron chi connectivity index (χ3n) is 2.75. The van der Waals surface area contributed by atoms with Crippen LogP contribution in [0.25, 0.3) is 0 Å². The molecule has 0 saturated heterocycles.